The zero-order valence-corrected chi connectivity index (χ0v) is 22.9. The molecule has 2 aliphatic rings. The van der Waals surface area contributed by atoms with Crippen LogP contribution in [0.5, 0.6) is 5.75 Å². The highest BCUT2D eigenvalue weighted by Gasteiger charge is 2.34. The maximum atomic E-state index is 5.91. The van der Waals surface area contributed by atoms with Gasteiger partial charge in [0, 0.05) is 66.5 Å². The van der Waals surface area contributed by atoms with Crippen LogP contribution in [0, 0.1) is 13.8 Å². The van der Waals surface area contributed by atoms with Crippen LogP contribution in [0.25, 0.3) is 5.70 Å². The number of hydrazine groups is 1. The lowest BCUT2D eigenvalue weighted by Crippen LogP contribution is -2.46. The first-order valence-corrected chi connectivity index (χ1v) is 13.5. The van der Waals surface area contributed by atoms with Gasteiger partial charge in [-0.15, -0.1) is 0 Å². The number of fused-ring (bicyclic) bond motifs is 1. The molecule has 1 fully saturated rings. The number of hydrogen-bond donors (Lipinski definition) is 3. The van der Waals surface area contributed by atoms with Crippen LogP contribution in [0.1, 0.15) is 54.6 Å². The van der Waals surface area contributed by atoms with E-state index in [0.29, 0.717) is 24.6 Å². The summed E-state index contributed by atoms with van der Waals surface area (Å²) in [5.41, 5.74) is 11.4. The number of aryl methyl sites for hydroxylation is 2. The van der Waals surface area contributed by atoms with Crippen LogP contribution in [0.2, 0.25) is 0 Å². The van der Waals surface area contributed by atoms with Crippen molar-refractivity contribution < 1.29 is 4.74 Å². The van der Waals surface area contributed by atoms with Crippen molar-refractivity contribution in [2.24, 2.45) is 5.84 Å². The predicted molar refractivity (Wildman–Crippen MR) is 154 cm³/mol. The lowest BCUT2D eigenvalue weighted by atomic mass is 9.95. The third kappa shape index (κ3) is 5.47. The first-order valence-electron chi connectivity index (χ1n) is 13.5. The molecule has 1 saturated heterocycles. The Kier molecular flexibility index (Phi) is 7.53. The number of aromatic nitrogens is 2. The van der Waals surface area contributed by atoms with Gasteiger partial charge in [0.1, 0.15) is 5.75 Å². The molecule has 38 heavy (non-hydrogen) atoms. The molecular formula is C30H39N7O. The van der Waals surface area contributed by atoms with Gasteiger partial charge in [-0.25, -0.2) is 9.97 Å². The number of anilines is 3. The number of nitrogens with two attached hydrogens (primary N) is 1. The van der Waals surface area contributed by atoms with Gasteiger partial charge in [-0.05, 0) is 75.9 Å². The summed E-state index contributed by atoms with van der Waals surface area (Å²) in [6.45, 7) is 16.3. The molecule has 0 radical (unpaired) electrons. The molecular weight excluding hydrogens is 474 g/mol. The fourth-order valence-corrected chi connectivity index (χ4v) is 5.83. The second-order valence-corrected chi connectivity index (χ2v) is 10.5. The minimum absolute atomic E-state index is 0.361. The van der Waals surface area contributed by atoms with Crippen LogP contribution in [0.3, 0.4) is 0 Å². The summed E-state index contributed by atoms with van der Waals surface area (Å²) < 4.78 is 5.91. The Hall–Kier alpha value is -3.62. The Morgan fingerprint density at radius 3 is 2.63 bits per heavy atom. The third-order valence-electron chi connectivity index (χ3n) is 7.63. The van der Waals surface area contributed by atoms with Crippen molar-refractivity contribution in [3.8, 4) is 5.75 Å². The normalized spacial score (nSPS) is 19.2. The van der Waals surface area contributed by atoms with Crippen LogP contribution in [0.15, 0.2) is 49.2 Å². The topological polar surface area (TPSA) is 91.6 Å². The molecule has 8 heteroatoms. The maximum Gasteiger partial charge on any atom is 0.227 e. The van der Waals surface area contributed by atoms with Crippen LogP contribution in [-0.2, 0) is 13.1 Å². The second-order valence-electron chi connectivity index (χ2n) is 10.5. The average molecular weight is 514 g/mol. The molecule has 5 rings (SSSR count). The van der Waals surface area contributed by atoms with Crippen LogP contribution >= 0.6 is 0 Å². The molecule has 4 N–H and O–H groups in total. The number of hydrogen-bond acceptors (Lipinski definition) is 8. The van der Waals surface area contributed by atoms with Gasteiger partial charge in [0.2, 0.25) is 5.95 Å². The molecule has 0 bridgehead atoms. The largest absolute Gasteiger partial charge is 0.493 e. The lowest BCUT2D eigenvalue weighted by Gasteiger charge is -2.43. The van der Waals surface area contributed by atoms with Gasteiger partial charge in [0.05, 0.1) is 18.0 Å². The summed E-state index contributed by atoms with van der Waals surface area (Å²) in [5.74, 6) is 7.08. The molecule has 0 unspecified atom stereocenters. The molecule has 3 heterocycles. The van der Waals surface area contributed by atoms with E-state index >= 15 is 0 Å². The van der Waals surface area contributed by atoms with Crippen LogP contribution < -0.4 is 21.3 Å². The first kappa shape index (κ1) is 26.0. The van der Waals surface area contributed by atoms with E-state index in [2.05, 4.69) is 71.1 Å². The summed E-state index contributed by atoms with van der Waals surface area (Å²) >= 11 is 0. The number of piperidine rings is 1. The molecule has 0 aliphatic carbocycles. The Morgan fingerprint density at radius 1 is 1.13 bits per heavy atom. The van der Waals surface area contributed by atoms with Crippen molar-refractivity contribution in [1.82, 2.24) is 19.8 Å². The van der Waals surface area contributed by atoms with E-state index in [4.69, 9.17) is 15.6 Å². The van der Waals surface area contributed by atoms with Crippen LogP contribution in [0.4, 0.5) is 17.3 Å². The van der Waals surface area contributed by atoms with Gasteiger partial charge >= 0.3 is 0 Å². The molecule has 200 valence electrons. The average Bonchev–Trinajstić information content (AvgIpc) is 3.31. The number of benzene rings is 2. The van der Waals surface area contributed by atoms with Crippen molar-refractivity contribution in [3.63, 3.8) is 0 Å². The lowest BCUT2D eigenvalue weighted by molar-refractivity contribution is 0.102. The van der Waals surface area contributed by atoms with Crippen molar-refractivity contribution in [2.75, 3.05) is 23.9 Å². The Labute approximate surface area is 225 Å². The first-order chi connectivity index (χ1) is 18.3. The zero-order chi connectivity index (χ0) is 26.8. The molecule has 0 saturated carbocycles. The molecule has 0 amide bonds. The maximum absolute atomic E-state index is 5.91. The SMILES string of the molecule is C=C(c1ccc(NN)cc1OCC)N1CC[C@@H](N2Cc3cnc(Nc4cc(C)cc(C)c4)nc3C2)C[C@H]1C. The Morgan fingerprint density at radius 2 is 1.92 bits per heavy atom. The number of nitrogen functional groups attached to an aromatic ring is 1. The molecule has 3 aromatic rings. The number of likely N-dealkylation sites (tertiary alicyclic amines) is 1. The van der Waals surface area contributed by atoms with E-state index in [1.165, 1.54) is 16.7 Å². The summed E-state index contributed by atoms with van der Waals surface area (Å²) in [4.78, 5) is 14.5. The molecule has 0 spiro atoms. The summed E-state index contributed by atoms with van der Waals surface area (Å²) in [6.07, 6.45) is 4.13. The minimum atomic E-state index is 0.361. The quantitative estimate of drug-likeness (QED) is 0.274. The van der Waals surface area contributed by atoms with Crippen molar-refractivity contribution in [2.45, 2.75) is 65.7 Å². The van der Waals surface area contributed by atoms with Gasteiger partial charge in [-0.1, -0.05) is 12.6 Å². The number of nitrogens with one attached hydrogen (secondary N) is 2. The van der Waals surface area contributed by atoms with Crippen molar-refractivity contribution >= 4 is 23.0 Å². The third-order valence-corrected chi connectivity index (χ3v) is 7.63. The summed E-state index contributed by atoms with van der Waals surface area (Å²) in [7, 11) is 0. The van der Waals surface area contributed by atoms with E-state index in [-0.39, 0.29) is 0 Å². The summed E-state index contributed by atoms with van der Waals surface area (Å²) in [6, 6.07) is 13.2. The molecule has 8 nitrogen and oxygen atoms in total. The number of rotatable bonds is 8. The van der Waals surface area contributed by atoms with Gasteiger partial charge in [-0.2, -0.15) is 0 Å². The van der Waals surface area contributed by atoms with E-state index in [1.54, 1.807) is 0 Å². The second kappa shape index (κ2) is 11.0. The van der Waals surface area contributed by atoms with E-state index < -0.39 is 0 Å². The molecule has 2 atom stereocenters. The smallest absolute Gasteiger partial charge is 0.227 e. The monoisotopic (exact) mass is 513 g/mol. The highest BCUT2D eigenvalue weighted by molar-refractivity contribution is 5.70. The van der Waals surface area contributed by atoms with E-state index in [1.807, 2.05) is 31.3 Å². The van der Waals surface area contributed by atoms with Gasteiger partial charge < -0.3 is 20.4 Å². The standard InChI is InChI=1S/C30H39N7O/c1-6-38-29-15-24(35-31)7-8-27(29)22(5)37-10-9-26(14-21(37)4)36-17-23-16-32-30(34-28(23)18-36)33-25-12-19(2)11-20(3)13-25/h7-8,11-13,15-16,21,26,35H,5-6,9-10,14,17-18,31H2,1-4H3,(H,32,33,34)/t21-,26-/m1/s1. The molecule has 2 aliphatic heterocycles. The fourth-order valence-electron chi connectivity index (χ4n) is 5.83. The summed E-state index contributed by atoms with van der Waals surface area (Å²) in [5, 5.41) is 3.39. The van der Waals surface area contributed by atoms with Gasteiger partial charge in [0.25, 0.3) is 0 Å². The van der Waals surface area contributed by atoms with Crippen molar-refractivity contribution in [1.29, 1.82) is 0 Å². The predicted octanol–water partition coefficient (Wildman–Crippen LogP) is 5.36. The van der Waals surface area contributed by atoms with Gasteiger partial charge in [-0.3, -0.25) is 10.7 Å². The van der Waals surface area contributed by atoms with E-state index in [0.717, 1.165) is 66.6 Å². The molecule has 1 aromatic heterocycles. The highest BCUT2D eigenvalue weighted by atomic mass is 16.5. The highest BCUT2D eigenvalue weighted by Crippen LogP contribution is 2.36. The van der Waals surface area contributed by atoms with Crippen LogP contribution in [-0.4, -0.2) is 45.0 Å². The van der Waals surface area contributed by atoms with Gasteiger partial charge in [0.15, 0.2) is 0 Å². The van der Waals surface area contributed by atoms with Crippen molar-refractivity contribution in [3.05, 3.63) is 77.1 Å². The Balaban J connectivity index is 1.23. The zero-order valence-electron chi connectivity index (χ0n) is 22.9. The number of nitrogens with zero attached hydrogens (tertiary/aromatic N) is 4. The Bertz CT molecular complexity index is 1300. The minimum Gasteiger partial charge on any atom is -0.493 e. The number of ether oxygens (including phenoxy) is 1. The molecule has 2 aromatic carbocycles. The fraction of sp³-hybridized carbons (Fsp3) is 0.400. The van der Waals surface area contributed by atoms with E-state index in [9.17, 15) is 0 Å².